The van der Waals surface area contributed by atoms with E-state index in [0.29, 0.717) is 6.04 Å². The van der Waals surface area contributed by atoms with Gasteiger partial charge in [0.2, 0.25) is 5.91 Å². The number of rotatable bonds is 5. The van der Waals surface area contributed by atoms with Crippen molar-refractivity contribution in [1.82, 2.24) is 19.6 Å². The van der Waals surface area contributed by atoms with Crippen LogP contribution in [0.4, 0.5) is 0 Å². The normalized spacial score (nSPS) is 26.2. The van der Waals surface area contributed by atoms with Gasteiger partial charge >= 0.3 is 0 Å². The van der Waals surface area contributed by atoms with E-state index in [4.69, 9.17) is 0 Å². The van der Waals surface area contributed by atoms with Crippen LogP contribution in [0.15, 0.2) is 0 Å². The van der Waals surface area contributed by atoms with E-state index in [1.807, 2.05) is 11.9 Å². The summed E-state index contributed by atoms with van der Waals surface area (Å²) in [5.41, 5.74) is 0. The number of nitrogens with zero attached hydrogens (tertiary/aromatic N) is 4. The minimum absolute atomic E-state index is 0.103. The number of carbonyl (C=O) groups excluding carboxylic acids is 1. The number of likely N-dealkylation sites (N-methyl/N-ethyl adjacent to an activating group) is 3. The molecule has 1 amide bonds. The molecule has 0 aromatic carbocycles. The summed E-state index contributed by atoms with van der Waals surface area (Å²) in [5.74, 6) is 0.287. The summed E-state index contributed by atoms with van der Waals surface area (Å²) in [4.78, 5) is 21.0. The number of hydrogen-bond acceptors (Lipinski definition) is 4. The monoisotopic (exact) mass is 282 g/mol. The molecule has 0 saturated carbocycles. The first kappa shape index (κ1) is 15.7. The fourth-order valence-corrected chi connectivity index (χ4v) is 3.30. The summed E-state index contributed by atoms with van der Waals surface area (Å²) in [6, 6.07) is 0.812. The second-order valence-electron chi connectivity index (χ2n) is 6.56. The van der Waals surface area contributed by atoms with E-state index in [2.05, 4.69) is 35.8 Å². The van der Waals surface area contributed by atoms with E-state index in [0.717, 1.165) is 26.1 Å². The van der Waals surface area contributed by atoms with Gasteiger partial charge in [0.25, 0.3) is 0 Å². The van der Waals surface area contributed by atoms with Gasteiger partial charge in [0.15, 0.2) is 0 Å². The predicted octanol–water partition coefficient (Wildman–Crippen LogP) is 0.175. The molecule has 116 valence electrons. The molecule has 0 aromatic rings. The summed E-state index contributed by atoms with van der Waals surface area (Å²) >= 11 is 0. The zero-order valence-corrected chi connectivity index (χ0v) is 13.5. The van der Waals surface area contributed by atoms with Gasteiger partial charge in [0, 0.05) is 32.7 Å². The van der Waals surface area contributed by atoms with Gasteiger partial charge in [-0.25, -0.2) is 0 Å². The van der Waals surface area contributed by atoms with E-state index in [1.165, 1.54) is 25.9 Å². The Morgan fingerprint density at radius 1 is 1.00 bits per heavy atom. The highest BCUT2D eigenvalue weighted by Gasteiger charge is 2.32. The molecule has 0 aromatic heterocycles. The lowest BCUT2D eigenvalue weighted by molar-refractivity contribution is -0.130. The van der Waals surface area contributed by atoms with Crippen LogP contribution in [0.3, 0.4) is 0 Å². The van der Waals surface area contributed by atoms with Crippen molar-refractivity contribution in [2.45, 2.75) is 31.3 Å². The van der Waals surface area contributed by atoms with Gasteiger partial charge in [-0.1, -0.05) is 0 Å². The molecular weight excluding hydrogens is 252 g/mol. The van der Waals surface area contributed by atoms with Crippen molar-refractivity contribution in [1.29, 1.82) is 0 Å². The van der Waals surface area contributed by atoms with Gasteiger partial charge in [-0.3, -0.25) is 9.69 Å². The van der Waals surface area contributed by atoms with Gasteiger partial charge in [-0.05, 0) is 53.5 Å². The SMILES string of the molecule is CN1CCC(N(C)CCN(C)[C@@H]2CCN(C)C2=O)CC1. The van der Waals surface area contributed by atoms with E-state index in [1.54, 1.807) is 0 Å². The molecule has 5 heteroatoms. The Kier molecular flexibility index (Phi) is 5.41. The Hall–Kier alpha value is -0.650. The third-order valence-corrected chi connectivity index (χ3v) is 5.05. The summed E-state index contributed by atoms with van der Waals surface area (Å²) in [5, 5.41) is 0. The van der Waals surface area contributed by atoms with Crippen LogP contribution in [0.5, 0.6) is 0 Å². The number of carbonyl (C=O) groups is 1. The topological polar surface area (TPSA) is 30.0 Å². The molecule has 0 spiro atoms. The number of amides is 1. The number of piperidine rings is 1. The average Bonchev–Trinajstić information content (AvgIpc) is 2.77. The van der Waals surface area contributed by atoms with Crippen LogP contribution < -0.4 is 0 Å². The van der Waals surface area contributed by atoms with Crippen LogP contribution in [0, 0.1) is 0 Å². The molecule has 2 saturated heterocycles. The lowest BCUT2D eigenvalue weighted by Crippen LogP contribution is -2.46. The van der Waals surface area contributed by atoms with Crippen molar-refractivity contribution in [3.05, 3.63) is 0 Å². The lowest BCUT2D eigenvalue weighted by Gasteiger charge is -2.36. The first-order valence-corrected chi connectivity index (χ1v) is 7.83. The van der Waals surface area contributed by atoms with Crippen molar-refractivity contribution < 1.29 is 4.79 Å². The standard InChI is InChI=1S/C15H30N4O/c1-16-8-5-13(6-9-16)17(2)11-12-18(3)14-7-10-19(4)15(14)20/h13-14H,5-12H2,1-4H3/t14-/m1/s1. The first-order chi connectivity index (χ1) is 9.49. The zero-order valence-electron chi connectivity index (χ0n) is 13.5. The van der Waals surface area contributed by atoms with Crippen LogP contribution in [0.25, 0.3) is 0 Å². The Labute approximate surface area is 123 Å². The van der Waals surface area contributed by atoms with Crippen molar-refractivity contribution in [2.24, 2.45) is 0 Å². The molecular formula is C15H30N4O. The van der Waals surface area contributed by atoms with E-state index < -0.39 is 0 Å². The smallest absolute Gasteiger partial charge is 0.239 e. The molecule has 0 bridgehead atoms. The first-order valence-electron chi connectivity index (χ1n) is 7.83. The maximum Gasteiger partial charge on any atom is 0.239 e. The van der Waals surface area contributed by atoms with Crippen molar-refractivity contribution in [3.63, 3.8) is 0 Å². The fraction of sp³-hybridized carbons (Fsp3) is 0.933. The van der Waals surface area contributed by atoms with Crippen LogP contribution in [-0.4, -0.2) is 98.5 Å². The maximum atomic E-state index is 12.0. The van der Waals surface area contributed by atoms with Crippen molar-refractivity contribution >= 4 is 5.91 Å². The number of likely N-dealkylation sites (tertiary alicyclic amines) is 2. The second-order valence-corrected chi connectivity index (χ2v) is 6.56. The molecule has 2 heterocycles. The quantitative estimate of drug-likeness (QED) is 0.719. The summed E-state index contributed by atoms with van der Waals surface area (Å²) < 4.78 is 0. The van der Waals surface area contributed by atoms with Crippen LogP contribution in [0.2, 0.25) is 0 Å². The molecule has 0 N–H and O–H groups in total. The summed E-state index contributed by atoms with van der Waals surface area (Å²) in [6.07, 6.45) is 3.51. The third kappa shape index (κ3) is 3.71. The molecule has 0 unspecified atom stereocenters. The maximum absolute atomic E-state index is 12.0. The average molecular weight is 282 g/mol. The fourth-order valence-electron chi connectivity index (χ4n) is 3.30. The number of hydrogen-bond donors (Lipinski definition) is 0. The van der Waals surface area contributed by atoms with Gasteiger partial charge < -0.3 is 14.7 Å². The Balaban J connectivity index is 1.73. The summed E-state index contributed by atoms with van der Waals surface area (Å²) in [6.45, 7) is 5.34. The van der Waals surface area contributed by atoms with Gasteiger partial charge in [-0.2, -0.15) is 0 Å². The predicted molar refractivity (Wildman–Crippen MR) is 81.8 cm³/mol. The van der Waals surface area contributed by atoms with Gasteiger partial charge in [0.05, 0.1) is 6.04 Å². The van der Waals surface area contributed by atoms with Crippen molar-refractivity contribution in [3.8, 4) is 0 Å². The van der Waals surface area contributed by atoms with Gasteiger partial charge in [0.1, 0.15) is 0 Å². The van der Waals surface area contributed by atoms with E-state index in [-0.39, 0.29) is 11.9 Å². The lowest BCUT2D eigenvalue weighted by atomic mass is 10.0. The Morgan fingerprint density at radius 3 is 2.15 bits per heavy atom. The minimum atomic E-state index is 0.103. The van der Waals surface area contributed by atoms with E-state index in [9.17, 15) is 4.79 Å². The van der Waals surface area contributed by atoms with Crippen molar-refractivity contribution in [2.75, 3.05) is 60.9 Å². The Morgan fingerprint density at radius 2 is 1.60 bits per heavy atom. The molecule has 5 nitrogen and oxygen atoms in total. The highest BCUT2D eigenvalue weighted by atomic mass is 16.2. The molecule has 0 radical (unpaired) electrons. The summed E-state index contributed by atoms with van der Waals surface area (Å²) in [7, 11) is 8.42. The molecule has 1 atom stereocenters. The molecule has 2 aliphatic rings. The second kappa shape index (κ2) is 6.87. The highest BCUT2D eigenvalue weighted by Crippen LogP contribution is 2.16. The van der Waals surface area contributed by atoms with Crippen LogP contribution in [-0.2, 0) is 4.79 Å². The van der Waals surface area contributed by atoms with Crippen LogP contribution in [0.1, 0.15) is 19.3 Å². The third-order valence-electron chi connectivity index (χ3n) is 5.05. The minimum Gasteiger partial charge on any atom is -0.344 e. The largest absolute Gasteiger partial charge is 0.344 e. The highest BCUT2D eigenvalue weighted by molar-refractivity contribution is 5.83. The van der Waals surface area contributed by atoms with E-state index >= 15 is 0 Å². The Bertz CT molecular complexity index is 328. The molecule has 0 aliphatic carbocycles. The molecule has 2 aliphatic heterocycles. The van der Waals surface area contributed by atoms with Crippen LogP contribution >= 0.6 is 0 Å². The molecule has 2 fully saturated rings. The zero-order chi connectivity index (χ0) is 14.7. The molecule has 2 rings (SSSR count). The van der Waals surface area contributed by atoms with Gasteiger partial charge in [-0.15, -0.1) is 0 Å². The molecule has 20 heavy (non-hydrogen) atoms.